The van der Waals surface area contributed by atoms with E-state index in [9.17, 15) is 27.2 Å². The normalized spacial score (nSPS) is 11.7. The van der Waals surface area contributed by atoms with Crippen molar-refractivity contribution in [3.8, 4) is 11.3 Å². The minimum atomic E-state index is -4.88. The number of amides is 2. The quantitative estimate of drug-likeness (QED) is 0.256. The highest BCUT2D eigenvalue weighted by atomic mass is 32.1. The van der Waals surface area contributed by atoms with Crippen molar-refractivity contribution in [3.05, 3.63) is 106 Å². The maximum Gasteiger partial charge on any atom is 0.419 e. The molecule has 0 saturated carbocycles. The van der Waals surface area contributed by atoms with E-state index in [1.165, 1.54) is 25.2 Å². The second kappa shape index (κ2) is 10.7. The van der Waals surface area contributed by atoms with Crippen LogP contribution in [-0.4, -0.2) is 22.3 Å². The number of hydrogen-bond donors (Lipinski definition) is 2. The van der Waals surface area contributed by atoms with Crippen molar-refractivity contribution in [3.63, 3.8) is 0 Å². The van der Waals surface area contributed by atoms with Gasteiger partial charge in [-0.2, -0.15) is 13.2 Å². The molecule has 0 atom stereocenters. The van der Waals surface area contributed by atoms with Crippen LogP contribution in [0.4, 0.5) is 22.7 Å². The molecule has 196 valence electrons. The number of nitrogens with one attached hydrogen (secondary N) is 2. The molecule has 0 radical (unpaired) electrons. The lowest BCUT2D eigenvalue weighted by Crippen LogP contribution is -2.52. The number of carbonyl (C=O) groups excluding carboxylic acids is 2. The van der Waals surface area contributed by atoms with E-state index in [4.69, 9.17) is 0 Å². The fourth-order valence-electron chi connectivity index (χ4n) is 3.68. The maximum atomic E-state index is 13.9. The molecule has 10 heteroatoms. The summed E-state index contributed by atoms with van der Waals surface area (Å²) < 4.78 is 52.4. The van der Waals surface area contributed by atoms with E-state index >= 15 is 0 Å². The van der Waals surface area contributed by atoms with Crippen LogP contribution in [-0.2, 0) is 17.4 Å². The highest BCUT2D eigenvalue weighted by Gasteiger charge is 2.35. The van der Waals surface area contributed by atoms with Gasteiger partial charge in [0.1, 0.15) is 11.4 Å². The zero-order chi connectivity index (χ0) is 27.5. The molecule has 3 aromatic carbocycles. The number of alkyl halides is 3. The second-order valence-corrected chi connectivity index (χ2v) is 10.1. The van der Waals surface area contributed by atoms with Crippen molar-refractivity contribution in [1.29, 1.82) is 0 Å². The molecule has 38 heavy (non-hydrogen) atoms. The topological polar surface area (TPSA) is 71.1 Å². The summed E-state index contributed by atoms with van der Waals surface area (Å²) in [5.74, 6) is -3.07. The molecule has 4 rings (SSSR count). The smallest absolute Gasteiger partial charge is 0.338 e. The number of rotatable bonds is 7. The van der Waals surface area contributed by atoms with Crippen LogP contribution < -0.4 is 10.6 Å². The van der Waals surface area contributed by atoms with Gasteiger partial charge in [0.25, 0.3) is 11.8 Å². The van der Waals surface area contributed by atoms with Crippen LogP contribution in [0.25, 0.3) is 11.3 Å². The zero-order valence-electron chi connectivity index (χ0n) is 20.4. The fourth-order valence-corrected chi connectivity index (χ4v) is 4.69. The Balaban J connectivity index is 1.53. The molecule has 1 aromatic heterocycles. The predicted octanol–water partition coefficient (Wildman–Crippen LogP) is 6.71. The summed E-state index contributed by atoms with van der Waals surface area (Å²) in [6.07, 6.45) is -4.29. The molecule has 2 amide bonds. The summed E-state index contributed by atoms with van der Waals surface area (Å²) >= 11 is 1.30. The number of thiazole rings is 1. The van der Waals surface area contributed by atoms with E-state index < -0.39 is 34.9 Å². The molecule has 0 bridgehead atoms. The van der Waals surface area contributed by atoms with E-state index in [2.05, 4.69) is 15.6 Å². The Hall–Kier alpha value is -4.05. The first-order valence-electron chi connectivity index (χ1n) is 11.5. The van der Waals surface area contributed by atoms with Gasteiger partial charge in [-0.15, -0.1) is 11.3 Å². The van der Waals surface area contributed by atoms with Crippen LogP contribution in [0.5, 0.6) is 0 Å². The Morgan fingerprint density at radius 3 is 2.16 bits per heavy atom. The third-order valence-electron chi connectivity index (χ3n) is 5.70. The van der Waals surface area contributed by atoms with Crippen molar-refractivity contribution in [2.45, 2.75) is 32.0 Å². The third-order valence-corrected chi connectivity index (χ3v) is 6.67. The number of anilines is 1. The average Bonchev–Trinajstić information content (AvgIpc) is 3.26. The Morgan fingerprint density at radius 1 is 0.921 bits per heavy atom. The van der Waals surface area contributed by atoms with Gasteiger partial charge >= 0.3 is 6.18 Å². The van der Waals surface area contributed by atoms with Crippen LogP contribution >= 0.6 is 11.3 Å². The van der Waals surface area contributed by atoms with Gasteiger partial charge in [-0.05, 0) is 37.6 Å². The number of benzene rings is 3. The van der Waals surface area contributed by atoms with Crippen LogP contribution in [0.2, 0.25) is 0 Å². The number of nitrogens with zero attached hydrogens (tertiary/aromatic N) is 1. The van der Waals surface area contributed by atoms with E-state index in [1.807, 2.05) is 60.7 Å². The minimum absolute atomic E-state index is 0.322. The summed E-state index contributed by atoms with van der Waals surface area (Å²) in [6, 6.07) is 21.2. The predicted molar refractivity (Wildman–Crippen MR) is 138 cm³/mol. The Labute approximate surface area is 220 Å². The van der Waals surface area contributed by atoms with Gasteiger partial charge in [0.2, 0.25) is 0 Å². The molecule has 0 fully saturated rings. The van der Waals surface area contributed by atoms with E-state index in [1.54, 1.807) is 0 Å². The van der Waals surface area contributed by atoms with Crippen LogP contribution in [0.1, 0.15) is 40.2 Å². The minimum Gasteiger partial charge on any atom is -0.338 e. The third kappa shape index (κ3) is 6.25. The molecule has 4 aromatic rings. The monoisotopic (exact) mass is 541 g/mol. The highest BCUT2D eigenvalue weighted by molar-refractivity contribution is 7.16. The van der Waals surface area contributed by atoms with Crippen molar-refractivity contribution in [1.82, 2.24) is 10.3 Å². The van der Waals surface area contributed by atoms with Crippen molar-refractivity contribution in [2.75, 3.05) is 5.32 Å². The Kier molecular flexibility index (Phi) is 7.63. The van der Waals surface area contributed by atoms with Crippen LogP contribution in [0, 0.1) is 5.82 Å². The first kappa shape index (κ1) is 27.0. The second-order valence-electron chi connectivity index (χ2n) is 9.04. The summed E-state index contributed by atoms with van der Waals surface area (Å²) in [5.41, 5.74) is -0.641. The SMILES string of the molecule is CC(C)(NC(=O)c1ccc(C(F)(F)F)c(F)c1)C(=O)Nc1nc(-c2ccccc2)c(Cc2ccccc2)s1. The summed E-state index contributed by atoms with van der Waals surface area (Å²) in [5, 5.41) is 5.50. The average molecular weight is 542 g/mol. The van der Waals surface area contributed by atoms with Crippen molar-refractivity contribution >= 4 is 28.3 Å². The van der Waals surface area contributed by atoms with Crippen LogP contribution in [0.15, 0.2) is 78.9 Å². The van der Waals surface area contributed by atoms with E-state index in [-0.39, 0.29) is 5.56 Å². The molecule has 0 aliphatic heterocycles. The van der Waals surface area contributed by atoms with Gasteiger partial charge in [-0.25, -0.2) is 9.37 Å². The van der Waals surface area contributed by atoms with Gasteiger partial charge in [0.05, 0.1) is 11.3 Å². The maximum absolute atomic E-state index is 13.9. The molecule has 5 nitrogen and oxygen atoms in total. The summed E-state index contributed by atoms with van der Waals surface area (Å²) in [4.78, 5) is 31.3. The molecule has 1 heterocycles. The highest BCUT2D eigenvalue weighted by Crippen LogP contribution is 2.34. The lowest BCUT2D eigenvalue weighted by molar-refractivity contribution is -0.140. The van der Waals surface area contributed by atoms with Gasteiger partial charge < -0.3 is 5.32 Å². The molecule has 0 aliphatic rings. The molecule has 0 aliphatic carbocycles. The lowest BCUT2D eigenvalue weighted by Gasteiger charge is -2.24. The van der Waals surface area contributed by atoms with Gasteiger partial charge in [-0.3, -0.25) is 14.9 Å². The van der Waals surface area contributed by atoms with E-state index in [0.29, 0.717) is 23.7 Å². The molecular formula is C28H23F4N3O2S. The van der Waals surface area contributed by atoms with Gasteiger partial charge in [-0.1, -0.05) is 60.7 Å². The largest absolute Gasteiger partial charge is 0.419 e. The Bertz CT molecular complexity index is 1450. The van der Waals surface area contributed by atoms with E-state index in [0.717, 1.165) is 27.8 Å². The van der Waals surface area contributed by atoms with Crippen LogP contribution in [0.3, 0.4) is 0 Å². The van der Waals surface area contributed by atoms with Gasteiger partial charge in [0, 0.05) is 22.4 Å². The standard InChI is InChI=1S/C28H23F4N3O2S/c1-27(2,35-24(36)19-13-14-20(21(29)16-19)28(30,31)32)25(37)34-26-33-23(18-11-7-4-8-12-18)22(38-26)15-17-9-5-3-6-10-17/h3-14,16H,15H2,1-2H3,(H,35,36)(H,33,34,37). The van der Waals surface area contributed by atoms with Crippen molar-refractivity contribution in [2.24, 2.45) is 0 Å². The molecule has 0 saturated heterocycles. The summed E-state index contributed by atoms with van der Waals surface area (Å²) in [7, 11) is 0. The lowest BCUT2D eigenvalue weighted by atomic mass is 10.0. The first-order valence-corrected chi connectivity index (χ1v) is 12.4. The number of halogens is 4. The Morgan fingerprint density at radius 2 is 1.55 bits per heavy atom. The fraction of sp³-hybridized carbons (Fsp3) is 0.179. The molecule has 0 unspecified atom stereocenters. The number of carbonyl (C=O) groups is 2. The zero-order valence-corrected chi connectivity index (χ0v) is 21.2. The number of hydrogen-bond acceptors (Lipinski definition) is 4. The molecule has 2 N–H and O–H groups in total. The number of aromatic nitrogens is 1. The van der Waals surface area contributed by atoms with Crippen molar-refractivity contribution < 1.29 is 27.2 Å². The summed E-state index contributed by atoms with van der Waals surface area (Å²) in [6.45, 7) is 2.86. The van der Waals surface area contributed by atoms with Gasteiger partial charge in [0.15, 0.2) is 5.13 Å². The molecular weight excluding hydrogens is 518 g/mol. The molecule has 0 spiro atoms. The first-order chi connectivity index (χ1) is 17.9.